The number of hydrogen-bond donors (Lipinski definition) is 3. The molecular weight excluding hydrogens is 619 g/mol. The van der Waals surface area contributed by atoms with Gasteiger partial charge in [0.15, 0.2) is 0 Å². The van der Waals surface area contributed by atoms with Gasteiger partial charge in [-0.25, -0.2) is 0 Å². The Morgan fingerprint density at radius 2 is 0.875 bits per heavy atom. The van der Waals surface area contributed by atoms with E-state index in [2.05, 4.69) is 31.3 Å². The molecule has 2 atom stereocenters. The molecule has 0 aromatic carbocycles. The van der Waals surface area contributed by atoms with E-state index in [1.807, 2.05) is 6.08 Å². The number of amides is 1. The van der Waals surface area contributed by atoms with Gasteiger partial charge in [0.25, 0.3) is 10.1 Å². The first-order valence-corrected chi connectivity index (χ1v) is 22.1. The molecule has 0 fully saturated rings. The molecule has 6 nitrogen and oxygen atoms in total. The van der Waals surface area contributed by atoms with Crippen molar-refractivity contribution in [2.45, 2.75) is 225 Å². The molecule has 0 aromatic rings. The smallest absolute Gasteiger partial charge is 0.267 e. The topological polar surface area (TPSA) is 104 Å². The van der Waals surface area contributed by atoms with Crippen LogP contribution in [-0.4, -0.2) is 41.9 Å². The van der Waals surface area contributed by atoms with Crippen LogP contribution < -0.4 is 5.32 Å². The van der Waals surface area contributed by atoms with Crippen LogP contribution in [-0.2, 0) is 14.9 Å². The molecule has 7 heteroatoms. The number of hydrogen-bond acceptors (Lipinski definition) is 4. The van der Waals surface area contributed by atoms with Crippen LogP contribution >= 0.6 is 0 Å². The molecular formula is C41H79NO5S. The summed E-state index contributed by atoms with van der Waals surface area (Å²) in [6.45, 7) is 4.51. The number of rotatable bonds is 37. The highest BCUT2D eigenvalue weighted by atomic mass is 32.2. The molecule has 0 saturated heterocycles. The van der Waals surface area contributed by atoms with E-state index in [4.69, 9.17) is 0 Å². The zero-order valence-corrected chi connectivity index (χ0v) is 32.4. The maximum Gasteiger partial charge on any atom is 0.267 e. The largest absolute Gasteiger partial charge is 0.387 e. The van der Waals surface area contributed by atoms with Crippen molar-refractivity contribution in [3.8, 4) is 0 Å². The first-order chi connectivity index (χ1) is 23.3. The Labute approximate surface area is 298 Å². The summed E-state index contributed by atoms with van der Waals surface area (Å²) in [6, 6.07) is -1.06. The van der Waals surface area contributed by atoms with Gasteiger partial charge in [-0.2, -0.15) is 8.42 Å². The molecule has 0 saturated carbocycles. The van der Waals surface area contributed by atoms with Crippen LogP contribution in [0.4, 0.5) is 0 Å². The van der Waals surface area contributed by atoms with Crippen LogP contribution in [0, 0.1) is 0 Å². The number of allylic oxidation sites excluding steroid dienone is 3. The lowest BCUT2D eigenvalue weighted by molar-refractivity contribution is -0.122. The number of carbonyl (C=O) groups excluding carboxylic acids is 1. The fourth-order valence-electron chi connectivity index (χ4n) is 6.27. The highest BCUT2D eigenvalue weighted by Gasteiger charge is 2.24. The van der Waals surface area contributed by atoms with Crippen molar-refractivity contribution in [1.82, 2.24) is 5.32 Å². The normalized spacial score (nSPS) is 13.5. The van der Waals surface area contributed by atoms with Crippen LogP contribution in [0.3, 0.4) is 0 Å². The van der Waals surface area contributed by atoms with Gasteiger partial charge in [0, 0.05) is 6.42 Å². The van der Waals surface area contributed by atoms with Crippen molar-refractivity contribution in [3.63, 3.8) is 0 Å². The van der Waals surface area contributed by atoms with Gasteiger partial charge in [-0.05, 0) is 44.9 Å². The Bertz CT molecular complexity index is 857. The van der Waals surface area contributed by atoms with E-state index in [1.54, 1.807) is 6.08 Å². The third-order valence-corrected chi connectivity index (χ3v) is 10.2. The van der Waals surface area contributed by atoms with Gasteiger partial charge in [-0.1, -0.05) is 186 Å². The lowest BCUT2D eigenvalue weighted by Gasteiger charge is -2.21. The van der Waals surface area contributed by atoms with Gasteiger partial charge in [-0.3, -0.25) is 9.35 Å². The summed E-state index contributed by atoms with van der Waals surface area (Å²) in [5.74, 6) is -0.985. The molecule has 0 aliphatic rings. The molecule has 0 aliphatic carbocycles. The minimum Gasteiger partial charge on any atom is -0.387 e. The lowest BCUT2D eigenvalue weighted by Crippen LogP contribution is -2.46. The minimum absolute atomic E-state index is 0.286. The molecule has 0 heterocycles. The van der Waals surface area contributed by atoms with Crippen molar-refractivity contribution < 1.29 is 22.9 Å². The second kappa shape index (κ2) is 35.6. The van der Waals surface area contributed by atoms with E-state index >= 15 is 0 Å². The quantitative estimate of drug-likeness (QED) is 0.0340. The van der Waals surface area contributed by atoms with Crippen molar-refractivity contribution >= 4 is 16.0 Å². The molecule has 0 rings (SSSR count). The molecule has 1 amide bonds. The van der Waals surface area contributed by atoms with Gasteiger partial charge in [0.2, 0.25) is 5.91 Å². The molecule has 2 unspecified atom stereocenters. The third kappa shape index (κ3) is 36.1. The first-order valence-electron chi connectivity index (χ1n) is 20.5. The average Bonchev–Trinajstić information content (AvgIpc) is 3.05. The van der Waals surface area contributed by atoms with Crippen molar-refractivity contribution in [3.05, 3.63) is 24.3 Å². The summed E-state index contributed by atoms with van der Waals surface area (Å²) in [5, 5.41) is 13.2. The summed E-state index contributed by atoms with van der Waals surface area (Å²) in [7, 11) is -4.34. The van der Waals surface area contributed by atoms with E-state index in [9.17, 15) is 22.9 Å². The Balaban J connectivity index is 3.91. The highest BCUT2D eigenvalue weighted by Crippen LogP contribution is 2.15. The van der Waals surface area contributed by atoms with Crippen LogP contribution in [0.5, 0.6) is 0 Å². The van der Waals surface area contributed by atoms with E-state index in [0.717, 1.165) is 57.8 Å². The molecule has 0 bridgehead atoms. The minimum atomic E-state index is -4.34. The molecule has 0 spiro atoms. The molecule has 0 aromatic heterocycles. The molecule has 0 aliphatic heterocycles. The zero-order valence-electron chi connectivity index (χ0n) is 31.6. The summed E-state index contributed by atoms with van der Waals surface area (Å²) >= 11 is 0. The van der Waals surface area contributed by atoms with Crippen molar-refractivity contribution in [1.29, 1.82) is 0 Å². The second-order valence-corrected chi connectivity index (χ2v) is 15.8. The van der Waals surface area contributed by atoms with Crippen molar-refractivity contribution in [2.75, 3.05) is 5.75 Å². The fraction of sp³-hybridized carbons (Fsp3) is 0.878. The van der Waals surface area contributed by atoms with Gasteiger partial charge >= 0.3 is 0 Å². The lowest BCUT2D eigenvalue weighted by atomic mass is 10.0. The Hall–Kier alpha value is -1.18. The van der Waals surface area contributed by atoms with Crippen LogP contribution in [0.1, 0.15) is 213 Å². The maximum atomic E-state index is 12.5. The van der Waals surface area contributed by atoms with E-state index < -0.39 is 28.0 Å². The first kappa shape index (κ1) is 46.8. The summed E-state index contributed by atoms with van der Waals surface area (Å²) in [4.78, 5) is 12.5. The Morgan fingerprint density at radius 1 is 0.542 bits per heavy atom. The zero-order chi connectivity index (χ0) is 35.4. The molecule has 48 heavy (non-hydrogen) atoms. The number of aliphatic hydroxyl groups is 1. The average molecular weight is 698 g/mol. The highest BCUT2D eigenvalue weighted by molar-refractivity contribution is 7.85. The number of unbranched alkanes of at least 4 members (excludes halogenated alkanes) is 27. The molecule has 3 N–H and O–H groups in total. The third-order valence-electron chi connectivity index (χ3n) is 9.37. The molecule has 0 radical (unpaired) electrons. The second-order valence-electron chi connectivity index (χ2n) is 14.3. The summed E-state index contributed by atoms with van der Waals surface area (Å²) < 4.78 is 32.5. The number of carbonyl (C=O) groups is 1. The van der Waals surface area contributed by atoms with Gasteiger partial charge < -0.3 is 10.4 Å². The Morgan fingerprint density at radius 3 is 1.25 bits per heavy atom. The van der Waals surface area contributed by atoms with Gasteiger partial charge in [-0.15, -0.1) is 0 Å². The van der Waals surface area contributed by atoms with Gasteiger partial charge in [0.1, 0.15) is 0 Å². The number of aliphatic hydroxyl groups excluding tert-OH is 1. The monoisotopic (exact) mass is 698 g/mol. The summed E-state index contributed by atoms with van der Waals surface area (Å²) in [5.41, 5.74) is 0. The number of nitrogens with one attached hydrogen (secondary N) is 1. The predicted molar refractivity (Wildman–Crippen MR) is 207 cm³/mol. The molecule has 284 valence electrons. The van der Waals surface area contributed by atoms with Crippen molar-refractivity contribution in [2.24, 2.45) is 0 Å². The van der Waals surface area contributed by atoms with E-state index in [0.29, 0.717) is 0 Å². The fourth-order valence-corrected chi connectivity index (χ4v) is 7.00. The summed E-state index contributed by atoms with van der Waals surface area (Å²) in [6.07, 6.45) is 44.5. The van der Waals surface area contributed by atoms with E-state index in [-0.39, 0.29) is 12.3 Å². The van der Waals surface area contributed by atoms with E-state index in [1.165, 1.54) is 135 Å². The predicted octanol–water partition coefficient (Wildman–Crippen LogP) is 12.0. The van der Waals surface area contributed by atoms with Gasteiger partial charge in [0.05, 0.1) is 17.9 Å². The maximum absolute atomic E-state index is 12.5. The van der Waals surface area contributed by atoms with Crippen LogP contribution in [0.15, 0.2) is 24.3 Å². The van der Waals surface area contributed by atoms with Crippen LogP contribution in [0.25, 0.3) is 0 Å². The standard InChI is InChI=1S/C41H79NO5S/c1-3-5-7-9-11-13-15-17-19-20-21-22-23-24-26-28-30-32-34-36-40(43)39(38-48(45,46)47)42-41(44)37-35-33-31-29-27-25-18-16-14-12-10-8-6-4-2/h16,18,34,36,39-40,43H,3-15,17,19-33,35,37-38H2,1-2H3,(H,42,44)(H,45,46,47)/b18-16-,36-34+. The Kier molecular flexibility index (Phi) is 34.8. The SMILES string of the molecule is CCCCCCC/C=C\CCCCCCCC(=O)NC(CS(=O)(=O)O)C(O)/C=C/CCCCCCCCCCCCCCCCCCC. The van der Waals surface area contributed by atoms with Crippen LogP contribution in [0.2, 0.25) is 0 Å².